The number of amides is 2. The highest BCUT2D eigenvalue weighted by atomic mass is 16.5. The van der Waals surface area contributed by atoms with E-state index < -0.39 is 6.04 Å². The van der Waals surface area contributed by atoms with Gasteiger partial charge in [0.1, 0.15) is 12.6 Å². The second kappa shape index (κ2) is 7.05. The molecule has 0 unspecified atom stereocenters. The quantitative estimate of drug-likeness (QED) is 0.920. The van der Waals surface area contributed by atoms with Crippen LogP contribution in [0.3, 0.4) is 0 Å². The predicted molar refractivity (Wildman–Crippen MR) is 91.7 cm³/mol. The normalized spacial score (nSPS) is 16.2. The van der Waals surface area contributed by atoms with Crippen molar-refractivity contribution in [3.05, 3.63) is 36.0 Å². The van der Waals surface area contributed by atoms with Gasteiger partial charge >= 0.3 is 0 Å². The molecule has 1 aliphatic rings. The van der Waals surface area contributed by atoms with Gasteiger partial charge in [0, 0.05) is 24.3 Å². The van der Waals surface area contributed by atoms with Crippen molar-refractivity contribution in [1.82, 2.24) is 14.8 Å². The number of aromatic nitrogens is 1. The average Bonchev–Trinajstić information content (AvgIpc) is 2.90. The summed E-state index contributed by atoms with van der Waals surface area (Å²) in [5.74, 6) is -0.214. The summed E-state index contributed by atoms with van der Waals surface area (Å²) in [5, 5.41) is 3.93. The Morgan fingerprint density at radius 2 is 1.96 bits per heavy atom. The summed E-state index contributed by atoms with van der Waals surface area (Å²) >= 11 is 0. The van der Waals surface area contributed by atoms with Crippen molar-refractivity contribution in [2.24, 2.45) is 0 Å². The monoisotopic (exact) mass is 329 g/mol. The summed E-state index contributed by atoms with van der Waals surface area (Å²) in [6.45, 7) is 6.20. The zero-order chi connectivity index (χ0) is 17.1. The number of para-hydroxylation sites is 1. The van der Waals surface area contributed by atoms with Crippen molar-refractivity contribution in [1.29, 1.82) is 0 Å². The highest BCUT2D eigenvalue weighted by Crippen LogP contribution is 2.18. The van der Waals surface area contributed by atoms with Crippen LogP contribution in [0.1, 0.15) is 12.6 Å². The number of nitrogens with one attached hydrogen (secondary N) is 1. The van der Waals surface area contributed by atoms with E-state index in [2.05, 4.69) is 11.4 Å². The Morgan fingerprint density at radius 3 is 2.71 bits per heavy atom. The molecule has 1 aromatic carbocycles. The van der Waals surface area contributed by atoms with Gasteiger partial charge in [0.15, 0.2) is 0 Å². The highest BCUT2D eigenvalue weighted by molar-refractivity contribution is 5.88. The standard InChI is InChI=1S/C18H23N3O3/c1-13-11-15-5-3-4-6-16(15)21(13)12-17(22)19-14(2)18(23)20-7-9-24-10-8-20/h3-6,11,14H,7-10,12H2,1-2H3,(H,19,22)/t14-/m0/s1. The lowest BCUT2D eigenvalue weighted by molar-refractivity contribution is -0.139. The molecule has 1 fully saturated rings. The van der Waals surface area contributed by atoms with Crippen molar-refractivity contribution in [2.45, 2.75) is 26.4 Å². The number of morpholine rings is 1. The van der Waals surface area contributed by atoms with Crippen LogP contribution < -0.4 is 5.32 Å². The lowest BCUT2D eigenvalue weighted by atomic mass is 10.2. The van der Waals surface area contributed by atoms with E-state index in [1.165, 1.54) is 0 Å². The third kappa shape index (κ3) is 3.43. The second-order valence-electron chi connectivity index (χ2n) is 6.16. The van der Waals surface area contributed by atoms with Crippen molar-refractivity contribution >= 4 is 22.7 Å². The third-order valence-electron chi connectivity index (χ3n) is 4.39. The van der Waals surface area contributed by atoms with Crippen molar-refractivity contribution < 1.29 is 14.3 Å². The van der Waals surface area contributed by atoms with Gasteiger partial charge in [-0.3, -0.25) is 9.59 Å². The van der Waals surface area contributed by atoms with E-state index in [-0.39, 0.29) is 18.4 Å². The highest BCUT2D eigenvalue weighted by Gasteiger charge is 2.23. The first-order chi connectivity index (χ1) is 11.6. The maximum atomic E-state index is 12.4. The van der Waals surface area contributed by atoms with Gasteiger partial charge in [0.05, 0.1) is 13.2 Å². The predicted octanol–water partition coefficient (Wildman–Crippen LogP) is 1.31. The second-order valence-corrected chi connectivity index (χ2v) is 6.16. The van der Waals surface area contributed by atoms with Crippen molar-refractivity contribution in [3.8, 4) is 0 Å². The van der Waals surface area contributed by atoms with E-state index in [4.69, 9.17) is 4.74 Å². The number of carbonyl (C=O) groups is 2. The molecule has 2 amide bonds. The zero-order valence-electron chi connectivity index (χ0n) is 14.1. The number of hydrogen-bond donors (Lipinski definition) is 1. The van der Waals surface area contributed by atoms with Crippen LogP contribution in [0.4, 0.5) is 0 Å². The molecule has 1 aromatic heterocycles. The summed E-state index contributed by atoms with van der Waals surface area (Å²) < 4.78 is 7.22. The lowest BCUT2D eigenvalue weighted by Crippen LogP contribution is -2.51. The fourth-order valence-electron chi connectivity index (χ4n) is 3.11. The molecule has 0 aliphatic carbocycles. The molecule has 1 atom stereocenters. The molecular formula is C18H23N3O3. The number of benzene rings is 1. The minimum Gasteiger partial charge on any atom is -0.378 e. The van der Waals surface area contributed by atoms with Gasteiger partial charge in [-0.15, -0.1) is 0 Å². The Morgan fingerprint density at radius 1 is 1.25 bits per heavy atom. The summed E-state index contributed by atoms with van der Waals surface area (Å²) in [4.78, 5) is 26.5. The van der Waals surface area contributed by atoms with Crippen LogP contribution in [-0.2, 0) is 20.9 Å². The minimum absolute atomic E-state index is 0.0549. The molecule has 24 heavy (non-hydrogen) atoms. The molecule has 1 N–H and O–H groups in total. The topological polar surface area (TPSA) is 63.6 Å². The zero-order valence-corrected chi connectivity index (χ0v) is 14.1. The fourth-order valence-corrected chi connectivity index (χ4v) is 3.11. The molecule has 0 bridgehead atoms. The Balaban J connectivity index is 1.64. The van der Waals surface area contributed by atoms with Crippen LogP contribution in [0.2, 0.25) is 0 Å². The van der Waals surface area contributed by atoms with Gasteiger partial charge in [-0.1, -0.05) is 18.2 Å². The Kier molecular flexibility index (Phi) is 4.85. The van der Waals surface area contributed by atoms with Gasteiger partial charge < -0.3 is 19.5 Å². The van der Waals surface area contributed by atoms with Gasteiger partial charge in [-0.05, 0) is 31.4 Å². The smallest absolute Gasteiger partial charge is 0.245 e. The number of rotatable bonds is 4. The number of carbonyl (C=O) groups excluding carboxylic acids is 2. The van der Waals surface area contributed by atoms with E-state index in [0.29, 0.717) is 26.3 Å². The van der Waals surface area contributed by atoms with Crippen LogP contribution in [0.15, 0.2) is 30.3 Å². The van der Waals surface area contributed by atoms with E-state index >= 15 is 0 Å². The van der Waals surface area contributed by atoms with Crippen LogP contribution in [0, 0.1) is 6.92 Å². The molecule has 1 saturated heterocycles. The molecule has 6 heteroatoms. The van der Waals surface area contributed by atoms with Crippen LogP contribution >= 0.6 is 0 Å². The maximum absolute atomic E-state index is 12.4. The third-order valence-corrected chi connectivity index (χ3v) is 4.39. The molecule has 2 aromatic rings. The van der Waals surface area contributed by atoms with Crippen LogP contribution in [0.25, 0.3) is 10.9 Å². The first kappa shape index (κ1) is 16.5. The lowest BCUT2D eigenvalue weighted by Gasteiger charge is -2.29. The molecule has 0 radical (unpaired) electrons. The first-order valence-corrected chi connectivity index (χ1v) is 8.27. The maximum Gasteiger partial charge on any atom is 0.245 e. The summed E-state index contributed by atoms with van der Waals surface area (Å²) in [6, 6.07) is 9.50. The first-order valence-electron chi connectivity index (χ1n) is 8.27. The van der Waals surface area contributed by atoms with E-state index in [9.17, 15) is 9.59 Å². The van der Waals surface area contributed by atoms with Gasteiger partial charge in [0.25, 0.3) is 0 Å². The minimum atomic E-state index is -0.530. The number of aryl methyl sites for hydroxylation is 1. The van der Waals surface area contributed by atoms with E-state index in [1.807, 2.05) is 35.8 Å². The van der Waals surface area contributed by atoms with Gasteiger partial charge in [0.2, 0.25) is 11.8 Å². The fraction of sp³-hybridized carbons (Fsp3) is 0.444. The molecule has 6 nitrogen and oxygen atoms in total. The van der Waals surface area contributed by atoms with Crippen molar-refractivity contribution in [2.75, 3.05) is 26.3 Å². The molecule has 3 rings (SSSR count). The summed E-state index contributed by atoms with van der Waals surface area (Å²) in [6.07, 6.45) is 0. The van der Waals surface area contributed by atoms with Gasteiger partial charge in [-0.2, -0.15) is 0 Å². The molecule has 0 spiro atoms. The number of hydrogen-bond acceptors (Lipinski definition) is 3. The number of nitrogens with zero attached hydrogens (tertiary/aromatic N) is 2. The molecular weight excluding hydrogens is 306 g/mol. The molecule has 0 saturated carbocycles. The summed E-state index contributed by atoms with van der Waals surface area (Å²) in [7, 11) is 0. The molecule has 2 heterocycles. The molecule has 128 valence electrons. The SMILES string of the molecule is Cc1cc2ccccc2n1CC(=O)N[C@@H](C)C(=O)N1CCOCC1. The molecule has 1 aliphatic heterocycles. The number of fused-ring (bicyclic) bond motifs is 1. The van der Waals surface area contributed by atoms with Crippen LogP contribution in [0.5, 0.6) is 0 Å². The van der Waals surface area contributed by atoms with E-state index in [0.717, 1.165) is 16.6 Å². The Hall–Kier alpha value is -2.34. The largest absolute Gasteiger partial charge is 0.378 e. The van der Waals surface area contributed by atoms with Crippen LogP contribution in [-0.4, -0.2) is 53.6 Å². The van der Waals surface area contributed by atoms with E-state index in [1.54, 1.807) is 11.8 Å². The average molecular weight is 329 g/mol. The number of ether oxygens (including phenoxy) is 1. The Bertz CT molecular complexity index is 747. The van der Waals surface area contributed by atoms with Crippen molar-refractivity contribution in [3.63, 3.8) is 0 Å². The van der Waals surface area contributed by atoms with Gasteiger partial charge in [-0.25, -0.2) is 0 Å². The Labute approximate surface area is 141 Å². The summed E-state index contributed by atoms with van der Waals surface area (Å²) in [5.41, 5.74) is 2.05.